The molecule has 4 heteroatoms. The quantitative estimate of drug-likeness (QED) is 0.715. The summed E-state index contributed by atoms with van der Waals surface area (Å²) in [5, 5.41) is 8.84. The fraction of sp³-hybridized carbons (Fsp3) is 0.333. The number of amides is 1. The molecule has 0 aliphatic heterocycles. The standard InChI is InChI=1S/C12H16N2O2/c1-2-7-14(8-9-15)12(16)10-11-3-5-13-6-4-11/h2-6,15H,1,7-10H2. The molecule has 0 unspecified atom stereocenters. The Morgan fingerprint density at radius 3 is 2.75 bits per heavy atom. The van der Waals surface area contributed by atoms with E-state index < -0.39 is 0 Å². The van der Waals surface area contributed by atoms with Gasteiger partial charge >= 0.3 is 0 Å². The molecule has 0 saturated carbocycles. The van der Waals surface area contributed by atoms with E-state index in [4.69, 9.17) is 5.11 Å². The molecule has 0 atom stereocenters. The minimum Gasteiger partial charge on any atom is -0.395 e. The average Bonchev–Trinajstić information content (AvgIpc) is 2.30. The molecular formula is C12H16N2O2. The van der Waals surface area contributed by atoms with Crippen LogP contribution in [0.25, 0.3) is 0 Å². The Morgan fingerprint density at radius 1 is 1.50 bits per heavy atom. The predicted molar refractivity (Wildman–Crippen MR) is 61.8 cm³/mol. The lowest BCUT2D eigenvalue weighted by Crippen LogP contribution is -2.34. The van der Waals surface area contributed by atoms with Crippen LogP contribution >= 0.6 is 0 Å². The van der Waals surface area contributed by atoms with Gasteiger partial charge in [-0.25, -0.2) is 0 Å². The first kappa shape index (κ1) is 12.4. The van der Waals surface area contributed by atoms with E-state index in [1.165, 1.54) is 0 Å². The fourth-order valence-electron chi connectivity index (χ4n) is 1.38. The van der Waals surface area contributed by atoms with E-state index in [0.29, 0.717) is 19.5 Å². The molecule has 1 N–H and O–H groups in total. The lowest BCUT2D eigenvalue weighted by Gasteiger charge is -2.19. The average molecular weight is 220 g/mol. The van der Waals surface area contributed by atoms with Crippen molar-refractivity contribution < 1.29 is 9.90 Å². The second-order valence-electron chi connectivity index (χ2n) is 3.38. The van der Waals surface area contributed by atoms with Crippen molar-refractivity contribution in [2.24, 2.45) is 0 Å². The van der Waals surface area contributed by atoms with Gasteiger partial charge in [0, 0.05) is 25.5 Å². The summed E-state index contributed by atoms with van der Waals surface area (Å²) in [6.07, 6.45) is 5.30. The molecule has 1 rings (SSSR count). The molecule has 4 nitrogen and oxygen atoms in total. The highest BCUT2D eigenvalue weighted by atomic mass is 16.3. The Kier molecular flexibility index (Phi) is 5.22. The number of rotatable bonds is 6. The van der Waals surface area contributed by atoms with E-state index in [-0.39, 0.29) is 12.5 Å². The van der Waals surface area contributed by atoms with Gasteiger partial charge in [-0.2, -0.15) is 0 Å². The molecule has 1 heterocycles. The molecule has 1 aromatic rings. The second-order valence-corrected chi connectivity index (χ2v) is 3.38. The predicted octanol–water partition coefficient (Wildman–Crippen LogP) is 0.631. The van der Waals surface area contributed by atoms with Crippen LogP contribution in [-0.2, 0) is 11.2 Å². The van der Waals surface area contributed by atoms with Crippen molar-refractivity contribution in [3.05, 3.63) is 42.7 Å². The van der Waals surface area contributed by atoms with Crippen LogP contribution < -0.4 is 0 Å². The highest BCUT2D eigenvalue weighted by molar-refractivity contribution is 5.78. The van der Waals surface area contributed by atoms with Crippen molar-refractivity contribution in [1.82, 2.24) is 9.88 Å². The van der Waals surface area contributed by atoms with Crippen molar-refractivity contribution in [3.8, 4) is 0 Å². The number of hydrogen-bond donors (Lipinski definition) is 1. The summed E-state index contributed by atoms with van der Waals surface area (Å²) < 4.78 is 0. The van der Waals surface area contributed by atoms with Gasteiger partial charge in [0.15, 0.2) is 0 Å². The van der Waals surface area contributed by atoms with Crippen LogP contribution in [0.2, 0.25) is 0 Å². The van der Waals surface area contributed by atoms with E-state index in [1.807, 2.05) is 12.1 Å². The van der Waals surface area contributed by atoms with Crippen LogP contribution in [0.1, 0.15) is 5.56 Å². The molecule has 0 aromatic carbocycles. The van der Waals surface area contributed by atoms with E-state index in [9.17, 15) is 4.79 Å². The summed E-state index contributed by atoms with van der Waals surface area (Å²) in [4.78, 5) is 17.3. The first-order chi connectivity index (χ1) is 7.77. The van der Waals surface area contributed by atoms with Gasteiger partial charge < -0.3 is 10.0 Å². The summed E-state index contributed by atoms with van der Waals surface area (Å²) in [5.74, 6) is -0.0137. The highest BCUT2D eigenvalue weighted by Gasteiger charge is 2.11. The number of aromatic nitrogens is 1. The molecular weight excluding hydrogens is 204 g/mol. The van der Waals surface area contributed by atoms with Crippen LogP contribution in [0.3, 0.4) is 0 Å². The molecule has 16 heavy (non-hydrogen) atoms. The van der Waals surface area contributed by atoms with Gasteiger partial charge in [-0.05, 0) is 17.7 Å². The summed E-state index contributed by atoms with van der Waals surface area (Å²) >= 11 is 0. The molecule has 0 fully saturated rings. The number of aliphatic hydroxyl groups is 1. The van der Waals surface area contributed by atoms with Gasteiger partial charge in [0.1, 0.15) is 0 Å². The molecule has 86 valence electrons. The molecule has 0 bridgehead atoms. The fourth-order valence-corrected chi connectivity index (χ4v) is 1.38. The molecule has 0 spiro atoms. The van der Waals surface area contributed by atoms with Gasteiger partial charge in [0.25, 0.3) is 0 Å². The SMILES string of the molecule is C=CCN(CCO)C(=O)Cc1ccncc1. The number of pyridine rings is 1. The van der Waals surface area contributed by atoms with Crippen LogP contribution in [0.5, 0.6) is 0 Å². The van der Waals surface area contributed by atoms with Crippen LogP contribution in [-0.4, -0.2) is 40.6 Å². The zero-order valence-corrected chi connectivity index (χ0v) is 9.17. The van der Waals surface area contributed by atoms with Crippen LogP contribution in [0.15, 0.2) is 37.2 Å². The van der Waals surface area contributed by atoms with Gasteiger partial charge in [-0.15, -0.1) is 6.58 Å². The zero-order valence-electron chi connectivity index (χ0n) is 9.17. The smallest absolute Gasteiger partial charge is 0.227 e. The third kappa shape index (κ3) is 3.82. The monoisotopic (exact) mass is 220 g/mol. The molecule has 0 radical (unpaired) electrons. The number of nitrogens with zero attached hydrogens (tertiary/aromatic N) is 2. The van der Waals surface area contributed by atoms with Crippen molar-refractivity contribution in [2.45, 2.75) is 6.42 Å². The highest BCUT2D eigenvalue weighted by Crippen LogP contribution is 2.01. The maximum absolute atomic E-state index is 11.8. The van der Waals surface area contributed by atoms with Crippen LogP contribution in [0, 0.1) is 0 Å². The van der Waals surface area contributed by atoms with Gasteiger partial charge in [0.05, 0.1) is 13.0 Å². The third-order valence-corrected chi connectivity index (χ3v) is 2.18. The molecule has 0 saturated heterocycles. The summed E-state index contributed by atoms with van der Waals surface area (Å²) in [7, 11) is 0. The van der Waals surface area contributed by atoms with Gasteiger partial charge in [-0.1, -0.05) is 6.08 Å². The van der Waals surface area contributed by atoms with Crippen molar-refractivity contribution >= 4 is 5.91 Å². The number of carbonyl (C=O) groups is 1. The van der Waals surface area contributed by atoms with E-state index in [1.54, 1.807) is 23.4 Å². The Morgan fingerprint density at radius 2 is 2.19 bits per heavy atom. The number of hydrogen-bond acceptors (Lipinski definition) is 3. The number of aliphatic hydroxyl groups excluding tert-OH is 1. The lowest BCUT2D eigenvalue weighted by atomic mass is 10.2. The van der Waals surface area contributed by atoms with E-state index in [2.05, 4.69) is 11.6 Å². The molecule has 0 aliphatic rings. The Balaban J connectivity index is 2.58. The van der Waals surface area contributed by atoms with Crippen molar-refractivity contribution in [2.75, 3.05) is 19.7 Å². The Bertz CT molecular complexity index is 338. The van der Waals surface area contributed by atoms with E-state index in [0.717, 1.165) is 5.56 Å². The molecule has 0 aliphatic carbocycles. The minimum atomic E-state index is -0.0318. The normalized spacial score (nSPS) is 9.81. The third-order valence-electron chi connectivity index (χ3n) is 2.18. The summed E-state index contributed by atoms with van der Waals surface area (Å²) in [6.45, 7) is 4.36. The minimum absolute atomic E-state index is 0.0137. The maximum Gasteiger partial charge on any atom is 0.227 e. The Labute approximate surface area is 95.2 Å². The largest absolute Gasteiger partial charge is 0.395 e. The lowest BCUT2D eigenvalue weighted by molar-refractivity contribution is -0.130. The Hall–Kier alpha value is -1.68. The van der Waals surface area contributed by atoms with Crippen molar-refractivity contribution in [3.63, 3.8) is 0 Å². The van der Waals surface area contributed by atoms with E-state index >= 15 is 0 Å². The second kappa shape index (κ2) is 6.74. The molecule has 1 aromatic heterocycles. The zero-order chi connectivity index (χ0) is 11.8. The first-order valence-electron chi connectivity index (χ1n) is 5.16. The van der Waals surface area contributed by atoms with Gasteiger partial charge in [0.2, 0.25) is 5.91 Å². The van der Waals surface area contributed by atoms with Crippen molar-refractivity contribution in [1.29, 1.82) is 0 Å². The van der Waals surface area contributed by atoms with Gasteiger partial charge in [-0.3, -0.25) is 9.78 Å². The first-order valence-corrected chi connectivity index (χ1v) is 5.16. The number of carbonyl (C=O) groups excluding carboxylic acids is 1. The summed E-state index contributed by atoms with van der Waals surface area (Å²) in [5.41, 5.74) is 0.923. The maximum atomic E-state index is 11.8. The van der Waals surface area contributed by atoms with Crippen LogP contribution in [0.4, 0.5) is 0 Å². The molecule has 1 amide bonds. The topological polar surface area (TPSA) is 53.4 Å². The summed E-state index contributed by atoms with van der Waals surface area (Å²) in [6, 6.07) is 3.62.